The van der Waals surface area contributed by atoms with Crippen molar-refractivity contribution < 1.29 is 4.74 Å². The van der Waals surface area contributed by atoms with Crippen LogP contribution in [0.5, 0.6) is 0 Å². The standard InChI is InChI=1S/C11H10ClN3OS/c1-16-6-8-4-10(17)15-11(14-8)9-3-2-7(12)5-13-9/h2-5H,6H2,1H3,(H,14,15,17). The fourth-order valence-electron chi connectivity index (χ4n) is 1.38. The summed E-state index contributed by atoms with van der Waals surface area (Å²) >= 11 is 10.9. The zero-order valence-electron chi connectivity index (χ0n) is 9.11. The first-order valence-electron chi connectivity index (χ1n) is 4.90. The molecule has 0 unspecified atom stereocenters. The fourth-order valence-corrected chi connectivity index (χ4v) is 1.72. The van der Waals surface area contributed by atoms with E-state index in [9.17, 15) is 0 Å². The number of halogens is 1. The molecule has 0 radical (unpaired) electrons. The van der Waals surface area contributed by atoms with Crippen molar-refractivity contribution >= 4 is 23.8 Å². The number of aromatic nitrogens is 3. The summed E-state index contributed by atoms with van der Waals surface area (Å²) in [6.07, 6.45) is 1.57. The smallest absolute Gasteiger partial charge is 0.157 e. The van der Waals surface area contributed by atoms with Gasteiger partial charge >= 0.3 is 0 Å². The highest BCUT2D eigenvalue weighted by atomic mass is 35.5. The van der Waals surface area contributed by atoms with Crippen LogP contribution in [0.4, 0.5) is 0 Å². The lowest BCUT2D eigenvalue weighted by atomic mass is 10.3. The molecule has 1 N–H and O–H groups in total. The average Bonchev–Trinajstić information content (AvgIpc) is 2.29. The maximum atomic E-state index is 5.78. The maximum absolute atomic E-state index is 5.78. The largest absolute Gasteiger partial charge is 0.378 e. The minimum absolute atomic E-state index is 0.451. The van der Waals surface area contributed by atoms with Crippen molar-refractivity contribution in [3.63, 3.8) is 0 Å². The number of aromatic amines is 1. The van der Waals surface area contributed by atoms with Crippen LogP contribution in [0.25, 0.3) is 11.5 Å². The molecule has 2 heterocycles. The van der Waals surface area contributed by atoms with Gasteiger partial charge in [0.05, 0.1) is 11.6 Å². The van der Waals surface area contributed by atoms with Crippen molar-refractivity contribution in [1.82, 2.24) is 15.0 Å². The second-order valence-electron chi connectivity index (χ2n) is 3.39. The predicted molar refractivity (Wildman–Crippen MR) is 68.4 cm³/mol. The lowest BCUT2D eigenvalue weighted by Gasteiger charge is -2.04. The Morgan fingerprint density at radius 1 is 1.47 bits per heavy atom. The molecular formula is C11H10ClN3OS. The molecule has 17 heavy (non-hydrogen) atoms. The summed E-state index contributed by atoms with van der Waals surface area (Å²) in [5.74, 6) is 0.612. The molecule has 0 aliphatic heterocycles. The number of nitrogens with one attached hydrogen (secondary N) is 1. The molecule has 0 atom stereocenters. The van der Waals surface area contributed by atoms with Crippen LogP contribution in [0, 0.1) is 4.64 Å². The van der Waals surface area contributed by atoms with Crippen LogP contribution in [0.15, 0.2) is 24.4 Å². The molecule has 2 aromatic heterocycles. The zero-order valence-corrected chi connectivity index (χ0v) is 10.7. The van der Waals surface area contributed by atoms with E-state index in [0.717, 1.165) is 5.69 Å². The van der Waals surface area contributed by atoms with Gasteiger partial charge in [-0.05, 0) is 18.2 Å². The summed E-state index contributed by atoms with van der Waals surface area (Å²) < 4.78 is 5.55. The average molecular weight is 268 g/mol. The molecule has 6 heteroatoms. The molecule has 0 saturated carbocycles. The van der Waals surface area contributed by atoms with Gasteiger partial charge in [0.2, 0.25) is 0 Å². The van der Waals surface area contributed by atoms with Gasteiger partial charge in [-0.3, -0.25) is 4.98 Å². The predicted octanol–water partition coefficient (Wildman–Crippen LogP) is 3.00. The summed E-state index contributed by atoms with van der Waals surface area (Å²) in [6, 6.07) is 5.30. The summed E-state index contributed by atoms with van der Waals surface area (Å²) in [7, 11) is 1.62. The Kier molecular flexibility index (Phi) is 3.83. The SMILES string of the molecule is COCc1cc(=S)nc(-c2ccc(Cl)cn2)[nH]1. The molecule has 0 aliphatic rings. The van der Waals surface area contributed by atoms with Gasteiger partial charge in [0.15, 0.2) is 5.82 Å². The van der Waals surface area contributed by atoms with Crippen LogP contribution in [0.2, 0.25) is 5.02 Å². The summed E-state index contributed by atoms with van der Waals surface area (Å²) in [4.78, 5) is 11.5. The maximum Gasteiger partial charge on any atom is 0.157 e. The Bertz CT molecular complexity index is 568. The van der Waals surface area contributed by atoms with Crippen LogP contribution in [-0.2, 0) is 11.3 Å². The molecule has 0 saturated heterocycles. The van der Waals surface area contributed by atoms with Gasteiger partial charge in [0, 0.05) is 19.0 Å². The number of nitrogens with zero attached hydrogens (tertiary/aromatic N) is 2. The van der Waals surface area contributed by atoms with Crippen LogP contribution in [0.1, 0.15) is 5.69 Å². The van der Waals surface area contributed by atoms with E-state index in [1.54, 1.807) is 31.5 Å². The number of pyridine rings is 1. The van der Waals surface area contributed by atoms with E-state index in [1.807, 2.05) is 0 Å². The van der Waals surface area contributed by atoms with Crippen molar-refractivity contribution in [2.45, 2.75) is 6.61 Å². The molecule has 0 amide bonds. The molecular weight excluding hydrogens is 258 g/mol. The van der Waals surface area contributed by atoms with E-state index >= 15 is 0 Å². The highest BCUT2D eigenvalue weighted by Crippen LogP contribution is 2.15. The lowest BCUT2D eigenvalue weighted by Crippen LogP contribution is -1.98. The molecule has 0 aliphatic carbocycles. The minimum atomic E-state index is 0.451. The molecule has 0 aromatic carbocycles. The third-order valence-corrected chi connectivity index (χ3v) is 2.50. The van der Waals surface area contributed by atoms with Gasteiger partial charge in [-0.2, -0.15) is 0 Å². The van der Waals surface area contributed by atoms with Crippen LogP contribution < -0.4 is 0 Å². The number of methoxy groups -OCH3 is 1. The second kappa shape index (κ2) is 5.35. The number of hydrogen-bond donors (Lipinski definition) is 1. The Morgan fingerprint density at radius 2 is 2.29 bits per heavy atom. The monoisotopic (exact) mass is 267 g/mol. The van der Waals surface area contributed by atoms with Crippen molar-refractivity contribution in [1.29, 1.82) is 0 Å². The number of H-pyrrole nitrogens is 1. The Hall–Kier alpha value is -1.30. The number of ether oxygens (including phenoxy) is 1. The van der Waals surface area contributed by atoms with Crippen molar-refractivity contribution in [2.75, 3.05) is 7.11 Å². The molecule has 4 nitrogen and oxygen atoms in total. The van der Waals surface area contributed by atoms with Crippen LogP contribution in [-0.4, -0.2) is 22.1 Å². The quantitative estimate of drug-likeness (QED) is 0.869. The first-order chi connectivity index (χ1) is 8.19. The van der Waals surface area contributed by atoms with E-state index < -0.39 is 0 Å². The minimum Gasteiger partial charge on any atom is -0.378 e. The fraction of sp³-hybridized carbons (Fsp3) is 0.182. The van der Waals surface area contributed by atoms with Gasteiger partial charge in [0.25, 0.3) is 0 Å². The van der Waals surface area contributed by atoms with Crippen molar-refractivity contribution in [3.05, 3.63) is 39.8 Å². The third-order valence-electron chi connectivity index (χ3n) is 2.07. The summed E-state index contributed by atoms with van der Waals surface area (Å²) in [5.41, 5.74) is 1.55. The zero-order chi connectivity index (χ0) is 12.3. The van der Waals surface area contributed by atoms with Crippen molar-refractivity contribution in [3.8, 4) is 11.5 Å². The van der Waals surface area contributed by atoms with Crippen LogP contribution >= 0.6 is 23.8 Å². The molecule has 2 rings (SSSR count). The Labute approximate surface area is 109 Å². The summed E-state index contributed by atoms with van der Waals surface area (Å²) in [6.45, 7) is 0.451. The van der Waals surface area contributed by atoms with Gasteiger partial charge in [-0.1, -0.05) is 23.8 Å². The molecule has 88 valence electrons. The lowest BCUT2D eigenvalue weighted by molar-refractivity contribution is 0.181. The van der Waals surface area contributed by atoms with E-state index in [1.165, 1.54) is 0 Å². The number of hydrogen-bond acceptors (Lipinski definition) is 4. The van der Waals surface area contributed by atoms with Gasteiger partial charge in [-0.25, -0.2) is 4.98 Å². The van der Waals surface area contributed by atoms with Gasteiger partial charge in [0.1, 0.15) is 10.3 Å². The van der Waals surface area contributed by atoms with E-state index in [4.69, 9.17) is 28.6 Å². The Balaban J connectivity index is 2.44. The molecule has 0 spiro atoms. The highest BCUT2D eigenvalue weighted by molar-refractivity contribution is 7.71. The van der Waals surface area contributed by atoms with Gasteiger partial charge in [-0.15, -0.1) is 0 Å². The highest BCUT2D eigenvalue weighted by Gasteiger charge is 2.03. The first kappa shape index (κ1) is 12.2. The molecule has 0 fully saturated rings. The van der Waals surface area contributed by atoms with E-state index in [-0.39, 0.29) is 0 Å². The van der Waals surface area contributed by atoms with E-state index in [2.05, 4.69) is 15.0 Å². The van der Waals surface area contributed by atoms with E-state index in [0.29, 0.717) is 27.8 Å². The van der Waals surface area contributed by atoms with Gasteiger partial charge < -0.3 is 9.72 Å². The second-order valence-corrected chi connectivity index (χ2v) is 4.24. The number of rotatable bonds is 3. The van der Waals surface area contributed by atoms with Crippen LogP contribution in [0.3, 0.4) is 0 Å². The van der Waals surface area contributed by atoms with Crippen molar-refractivity contribution in [2.24, 2.45) is 0 Å². The molecule has 2 aromatic rings. The Morgan fingerprint density at radius 3 is 2.94 bits per heavy atom. The summed E-state index contributed by atoms with van der Waals surface area (Å²) in [5, 5.41) is 0.584. The molecule has 0 bridgehead atoms. The normalized spacial score (nSPS) is 10.5. The first-order valence-corrected chi connectivity index (χ1v) is 5.69. The third kappa shape index (κ3) is 3.09. The topological polar surface area (TPSA) is 50.8 Å².